The minimum atomic E-state index is 0.464. The van der Waals surface area contributed by atoms with Crippen molar-refractivity contribution in [3.8, 4) is 6.07 Å². The quantitative estimate of drug-likeness (QED) is 0.845. The first-order chi connectivity index (χ1) is 12.3. The number of aromatic nitrogens is 3. The highest BCUT2D eigenvalue weighted by Crippen LogP contribution is 2.23. The van der Waals surface area contributed by atoms with Crippen molar-refractivity contribution in [1.29, 1.82) is 5.26 Å². The summed E-state index contributed by atoms with van der Waals surface area (Å²) in [6.45, 7) is 5.68. The lowest BCUT2D eigenvalue weighted by Gasteiger charge is -2.36. The SMILES string of the molecule is N#Cc1cccc(N2CCN(c3cc(N4CCCC4)ncn3)CC2)n1. The van der Waals surface area contributed by atoms with Crippen LogP contribution in [0.25, 0.3) is 0 Å². The second kappa shape index (κ2) is 6.93. The predicted octanol–water partition coefficient (Wildman–Crippen LogP) is 1.67. The van der Waals surface area contributed by atoms with E-state index in [1.165, 1.54) is 12.8 Å². The minimum Gasteiger partial charge on any atom is -0.356 e. The van der Waals surface area contributed by atoms with E-state index in [9.17, 15) is 0 Å². The maximum atomic E-state index is 9.01. The van der Waals surface area contributed by atoms with Gasteiger partial charge < -0.3 is 14.7 Å². The molecule has 0 bridgehead atoms. The highest BCUT2D eigenvalue weighted by molar-refractivity contribution is 5.52. The molecule has 2 aliphatic heterocycles. The number of piperazine rings is 1. The Morgan fingerprint density at radius 1 is 0.800 bits per heavy atom. The summed E-state index contributed by atoms with van der Waals surface area (Å²) in [6.07, 6.45) is 4.16. The van der Waals surface area contributed by atoms with Gasteiger partial charge >= 0.3 is 0 Å². The van der Waals surface area contributed by atoms with Crippen molar-refractivity contribution in [2.45, 2.75) is 12.8 Å². The molecule has 7 heteroatoms. The first-order valence-electron chi connectivity index (χ1n) is 8.77. The lowest BCUT2D eigenvalue weighted by atomic mass is 10.3. The van der Waals surface area contributed by atoms with E-state index in [2.05, 4.69) is 41.8 Å². The Morgan fingerprint density at radius 2 is 1.40 bits per heavy atom. The van der Waals surface area contributed by atoms with E-state index in [0.717, 1.165) is 56.7 Å². The van der Waals surface area contributed by atoms with E-state index in [4.69, 9.17) is 5.26 Å². The average molecular weight is 335 g/mol. The van der Waals surface area contributed by atoms with Crippen LogP contribution in [0, 0.1) is 11.3 Å². The zero-order chi connectivity index (χ0) is 17.1. The summed E-state index contributed by atoms with van der Waals surface area (Å²) in [5, 5.41) is 9.01. The molecule has 0 N–H and O–H groups in total. The van der Waals surface area contributed by atoms with E-state index in [0.29, 0.717) is 5.69 Å². The van der Waals surface area contributed by atoms with Crippen LogP contribution in [-0.2, 0) is 0 Å². The molecule has 0 unspecified atom stereocenters. The van der Waals surface area contributed by atoms with Gasteiger partial charge in [-0.05, 0) is 25.0 Å². The Hall–Kier alpha value is -2.88. The molecule has 0 radical (unpaired) electrons. The van der Waals surface area contributed by atoms with Crippen LogP contribution in [0.3, 0.4) is 0 Å². The smallest absolute Gasteiger partial charge is 0.142 e. The maximum absolute atomic E-state index is 9.01. The molecule has 0 aromatic carbocycles. The zero-order valence-corrected chi connectivity index (χ0v) is 14.2. The van der Waals surface area contributed by atoms with Gasteiger partial charge in [0.15, 0.2) is 0 Å². The topological polar surface area (TPSA) is 72.2 Å². The summed E-state index contributed by atoms with van der Waals surface area (Å²) in [5.41, 5.74) is 0.464. The second-order valence-electron chi connectivity index (χ2n) is 6.40. The van der Waals surface area contributed by atoms with Crippen molar-refractivity contribution in [1.82, 2.24) is 15.0 Å². The number of hydrogen-bond acceptors (Lipinski definition) is 7. The first kappa shape index (κ1) is 15.6. The molecule has 7 nitrogen and oxygen atoms in total. The Balaban J connectivity index is 1.43. The number of rotatable bonds is 3. The molecular formula is C18H21N7. The molecule has 25 heavy (non-hydrogen) atoms. The predicted molar refractivity (Wildman–Crippen MR) is 96.9 cm³/mol. The van der Waals surface area contributed by atoms with Crippen LogP contribution in [0.5, 0.6) is 0 Å². The Kier molecular flexibility index (Phi) is 4.34. The van der Waals surface area contributed by atoms with Crippen molar-refractivity contribution in [3.05, 3.63) is 36.3 Å². The van der Waals surface area contributed by atoms with Crippen molar-refractivity contribution >= 4 is 17.5 Å². The average Bonchev–Trinajstić information content (AvgIpc) is 3.23. The highest BCUT2D eigenvalue weighted by Gasteiger charge is 2.21. The summed E-state index contributed by atoms with van der Waals surface area (Å²) < 4.78 is 0. The molecule has 128 valence electrons. The fourth-order valence-corrected chi connectivity index (χ4v) is 3.46. The molecule has 0 spiro atoms. The number of nitriles is 1. The second-order valence-corrected chi connectivity index (χ2v) is 6.40. The molecule has 2 aliphatic rings. The summed E-state index contributed by atoms with van der Waals surface area (Å²) in [5.74, 6) is 2.91. The molecule has 0 atom stereocenters. The van der Waals surface area contributed by atoms with Crippen LogP contribution < -0.4 is 14.7 Å². The van der Waals surface area contributed by atoms with Gasteiger partial charge in [-0.15, -0.1) is 0 Å². The van der Waals surface area contributed by atoms with Gasteiger partial charge in [0, 0.05) is 45.3 Å². The van der Waals surface area contributed by atoms with Crippen LogP contribution in [0.2, 0.25) is 0 Å². The van der Waals surface area contributed by atoms with E-state index < -0.39 is 0 Å². The molecule has 4 heterocycles. The molecule has 2 aromatic rings. The standard InChI is InChI=1S/C18H21N7/c19-13-15-4-3-5-16(22-15)24-8-10-25(11-9-24)18-12-17(20-14-21-18)23-6-1-2-7-23/h3-5,12,14H,1-2,6-11H2. The fraction of sp³-hybridized carbons (Fsp3) is 0.444. The van der Waals surface area contributed by atoms with Crippen molar-refractivity contribution in [2.75, 3.05) is 54.0 Å². The molecule has 0 amide bonds. The number of nitrogens with zero attached hydrogens (tertiary/aromatic N) is 7. The third kappa shape index (κ3) is 3.33. The fourth-order valence-electron chi connectivity index (χ4n) is 3.46. The van der Waals surface area contributed by atoms with E-state index in [1.807, 2.05) is 12.1 Å². The van der Waals surface area contributed by atoms with Gasteiger partial charge in [-0.1, -0.05) is 6.07 Å². The van der Waals surface area contributed by atoms with Crippen molar-refractivity contribution in [3.63, 3.8) is 0 Å². The van der Waals surface area contributed by atoms with E-state index in [1.54, 1.807) is 12.4 Å². The lowest BCUT2D eigenvalue weighted by molar-refractivity contribution is 0.640. The number of pyridine rings is 1. The molecular weight excluding hydrogens is 314 g/mol. The van der Waals surface area contributed by atoms with Crippen LogP contribution in [0.15, 0.2) is 30.6 Å². The Labute approximate surface area is 147 Å². The van der Waals surface area contributed by atoms with Crippen LogP contribution in [-0.4, -0.2) is 54.2 Å². The van der Waals surface area contributed by atoms with Gasteiger partial charge in [0.1, 0.15) is 35.5 Å². The van der Waals surface area contributed by atoms with Gasteiger partial charge in [0.25, 0.3) is 0 Å². The highest BCUT2D eigenvalue weighted by atomic mass is 15.3. The van der Waals surface area contributed by atoms with Gasteiger partial charge in [-0.25, -0.2) is 15.0 Å². The number of hydrogen-bond donors (Lipinski definition) is 0. The van der Waals surface area contributed by atoms with Crippen LogP contribution in [0.4, 0.5) is 17.5 Å². The normalized spacial score (nSPS) is 17.6. The molecule has 0 aliphatic carbocycles. The van der Waals surface area contributed by atoms with Gasteiger partial charge in [-0.3, -0.25) is 0 Å². The molecule has 2 aromatic heterocycles. The van der Waals surface area contributed by atoms with Crippen LogP contribution >= 0.6 is 0 Å². The summed E-state index contributed by atoms with van der Waals surface area (Å²) >= 11 is 0. The van der Waals surface area contributed by atoms with Crippen molar-refractivity contribution in [2.24, 2.45) is 0 Å². The number of anilines is 3. The Bertz CT molecular complexity index is 771. The Morgan fingerprint density at radius 3 is 2.04 bits per heavy atom. The summed E-state index contributed by atoms with van der Waals surface area (Å²) in [4.78, 5) is 20.2. The summed E-state index contributed by atoms with van der Waals surface area (Å²) in [7, 11) is 0. The van der Waals surface area contributed by atoms with Gasteiger partial charge in [-0.2, -0.15) is 5.26 Å². The molecule has 0 saturated carbocycles. The van der Waals surface area contributed by atoms with Crippen LogP contribution in [0.1, 0.15) is 18.5 Å². The molecule has 2 fully saturated rings. The van der Waals surface area contributed by atoms with Gasteiger partial charge in [0.05, 0.1) is 0 Å². The first-order valence-corrected chi connectivity index (χ1v) is 8.77. The summed E-state index contributed by atoms with van der Waals surface area (Å²) in [6, 6.07) is 9.80. The van der Waals surface area contributed by atoms with E-state index >= 15 is 0 Å². The lowest BCUT2D eigenvalue weighted by Crippen LogP contribution is -2.47. The maximum Gasteiger partial charge on any atom is 0.142 e. The van der Waals surface area contributed by atoms with Gasteiger partial charge in [0.2, 0.25) is 0 Å². The molecule has 4 rings (SSSR count). The minimum absolute atomic E-state index is 0.464. The largest absolute Gasteiger partial charge is 0.356 e. The molecule has 2 saturated heterocycles. The third-order valence-electron chi connectivity index (χ3n) is 4.84. The zero-order valence-electron chi connectivity index (χ0n) is 14.2. The van der Waals surface area contributed by atoms with Crippen molar-refractivity contribution < 1.29 is 0 Å². The monoisotopic (exact) mass is 335 g/mol. The third-order valence-corrected chi connectivity index (χ3v) is 4.84. The van der Waals surface area contributed by atoms with E-state index in [-0.39, 0.29) is 0 Å².